The Labute approximate surface area is 91.3 Å². The molecule has 0 aromatic heterocycles. The minimum absolute atomic E-state index is 0.210. The molecular weight excluding hydrogens is 200 g/mol. The van der Waals surface area contributed by atoms with Crippen molar-refractivity contribution in [3.63, 3.8) is 0 Å². The summed E-state index contributed by atoms with van der Waals surface area (Å²) in [6, 6.07) is 0. The molecule has 3 heteroatoms. The van der Waals surface area contributed by atoms with Crippen molar-refractivity contribution in [2.75, 3.05) is 12.5 Å². The summed E-state index contributed by atoms with van der Waals surface area (Å²) in [6.07, 6.45) is 5.69. The molecular formula is C11H19ClO2. The van der Waals surface area contributed by atoms with Gasteiger partial charge in [0, 0.05) is 5.88 Å². The Bertz CT molecular complexity index is 176. The van der Waals surface area contributed by atoms with Crippen LogP contribution in [0.3, 0.4) is 0 Å². The summed E-state index contributed by atoms with van der Waals surface area (Å²) in [5.74, 6) is 0.661. The van der Waals surface area contributed by atoms with Crippen LogP contribution in [-0.4, -0.2) is 24.9 Å². The molecule has 0 saturated heterocycles. The lowest BCUT2D eigenvalue weighted by Gasteiger charge is -2.04. The van der Waals surface area contributed by atoms with Crippen LogP contribution in [0.25, 0.3) is 0 Å². The first-order valence-corrected chi connectivity index (χ1v) is 5.56. The molecule has 0 radical (unpaired) electrons. The SMILES string of the molecule is CC(C)OC/C=C(\C=O)CCCCCl. The molecule has 14 heavy (non-hydrogen) atoms. The molecule has 0 aliphatic heterocycles. The molecule has 82 valence electrons. The van der Waals surface area contributed by atoms with Crippen LogP contribution < -0.4 is 0 Å². The van der Waals surface area contributed by atoms with Crippen LogP contribution in [0.5, 0.6) is 0 Å². The van der Waals surface area contributed by atoms with E-state index in [1.165, 1.54) is 0 Å². The van der Waals surface area contributed by atoms with Crippen LogP contribution >= 0.6 is 11.6 Å². The van der Waals surface area contributed by atoms with Crippen molar-refractivity contribution < 1.29 is 9.53 Å². The van der Waals surface area contributed by atoms with Gasteiger partial charge in [-0.05, 0) is 38.7 Å². The third kappa shape index (κ3) is 8.27. The summed E-state index contributed by atoms with van der Waals surface area (Å²) in [5, 5.41) is 0. The van der Waals surface area contributed by atoms with E-state index in [1.807, 2.05) is 19.9 Å². The summed E-state index contributed by atoms with van der Waals surface area (Å²) >= 11 is 5.54. The third-order valence-corrected chi connectivity index (χ3v) is 2.04. The van der Waals surface area contributed by atoms with Crippen LogP contribution in [0.4, 0.5) is 0 Å². The number of ether oxygens (including phenoxy) is 1. The van der Waals surface area contributed by atoms with Gasteiger partial charge in [0.15, 0.2) is 0 Å². The molecule has 0 N–H and O–H groups in total. The molecule has 0 heterocycles. The molecule has 2 nitrogen and oxygen atoms in total. The average molecular weight is 219 g/mol. The molecule has 0 spiro atoms. The molecule has 0 bridgehead atoms. The van der Waals surface area contributed by atoms with Crippen molar-refractivity contribution in [3.05, 3.63) is 11.6 Å². The standard InChI is InChI=1S/C11H19ClO2/c1-10(2)14-8-6-11(9-13)5-3-4-7-12/h6,9-10H,3-5,7-8H2,1-2H3/b11-6-. The van der Waals surface area contributed by atoms with Gasteiger partial charge in [0.05, 0.1) is 12.7 Å². The van der Waals surface area contributed by atoms with Gasteiger partial charge in [0.1, 0.15) is 6.29 Å². The number of carbonyl (C=O) groups excluding carboxylic acids is 1. The third-order valence-electron chi connectivity index (χ3n) is 1.78. The number of alkyl halides is 1. The minimum Gasteiger partial charge on any atom is -0.375 e. The molecule has 0 saturated carbocycles. The van der Waals surface area contributed by atoms with Crippen molar-refractivity contribution in [1.29, 1.82) is 0 Å². The van der Waals surface area contributed by atoms with Gasteiger partial charge in [-0.25, -0.2) is 0 Å². The maximum atomic E-state index is 10.6. The summed E-state index contributed by atoms with van der Waals surface area (Å²) in [7, 11) is 0. The van der Waals surface area contributed by atoms with E-state index in [9.17, 15) is 4.79 Å². The first-order valence-electron chi connectivity index (χ1n) is 5.02. The predicted molar refractivity (Wildman–Crippen MR) is 59.8 cm³/mol. The van der Waals surface area contributed by atoms with Gasteiger partial charge in [0.2, 0.25) is 0 Å². The van der Waals surface area contributed by atoms with E-state index >= 15 is 0 Å². The van der Waals surface area contributed by atoms with Crippen LogP contribution in [0.15, 0.2) is 11.6 Å². The first-order chi connectivity index (χ1) is 6.70. The van der Waals surface area contributed by atoms with Crippen LogP contribution in [-0.2, 0) is 9.53 Å². The zero-order valence-corrected chi connectivity index (χ0v) is 9.72. The number of halogens is 1. The lowest BCUT2D eigenvalue weighted by Crippen LogP contribution is -2.02. The number of hydrogen-bond donors (Lipinski definition) is 0. The molecule has 0 amide bonds. The van der Waals surface area contributed by atoms with Gasteiger partial charge in [0.25, 0.3) is 0 Å². The highest BCUT2D eigenvalue weighted by Gasteiger charge is 1.96. The van der Waals surface area contributed by atoms with Crippen molar-refractivity contribution in [3.8, 4) is 0 Å². The molecule has 0 rings (SSSR count). The van der Waals surface area contributed by atoms with E-state index in [4.69, 9.17) is 16.3 Å². The summed E-state index contributed by atoms with van der Waals surface area (Å²) in [5.41, 5.74) is 0.816. The second-order valence-corrected chi connectivity index (χ2v) is 3.80. The van der Waals surface area contributed by atoms with Crippen molar-refractivity contribution in [2.45, 2.75) is 39.2 Å². The van der Waals surface area contributed by atoms with Crippen molar-refractivity contribution in [1.82, 2.24) is 0 Å². The average Bonchev–Trinajstić information content (AvgIpc) is 2.15. The fourth-order valence-corrected chi connectivity index (χ4v) is 1.17. The summed E-state index contributed by atoms with van der Waals surface area (Å²) in [6.45, 7) is 4.47. The monoisotopic (exact) mass is 218 g/mol. The van der Waals surface area contributed by atoms with Crippen LogP contribution in [0.2, 0.25) is 0 Å². The van der Waals surface area contributed by atoms with E-state index in [2.05, 4.69) is 0 Å². The molecule has 0 aromatic rings. The van der Waals surface area contributed by atoms with E-state index < -0.39 is 0 Å². The molecule has 0 aromatic carbocycles. The Hall–Kier alpha value is -0.340. The van der Waals surface area contributed by atoms with Crippen LogP contribution in [0, 0.1) is 0 Å². The van der Waals surface area contributed by atoms with Crippen molar-refractivity contribution >= 4 is 17.9 Å². The fourth-order valence-electron chi connectivity index (χ4n) is 0.980. The normalized spacial score (nSPS) is 12.1. The summed E-state index contributed by atoms with van der Waals surface area (Å²) in [4.78, 5) is 10.6. The Morgan fingerprint density at radius 1 is 1.43 bits per heavy atom. The Kier molecular flexibility index (Phi) is 9.00. The predicted octanol–water partition coefficient (Wildman–Crippen LogP) is 2.95. The smallest absolute Gasteiger partial charge is 0.145 e. The van der Waals surface area contributed by atoms with Gasteiger partial charge >= 0.3 is 0 Å². The molecule has 0 aliphatic rings. The molecule has 0 fully saturated rings. The second-order valence-electron chi connectivity index (χ2n) is 3.43. The van der Waals surface area contributed by atoms with Gasteiger partial charge in [-0.2, -0.15) is 0 Å². The lowest BCUT2D eigenvalue weighted by atomic mass is 10.1. The van der Waals surface area contributed by atoms with Gasteiger partial charge < -0.3 is 4.74 Å². The highest BCUT2D eigenvalue weighted by atomic mass is 35.5. The largest absolute Gasteiger partial charge is 0.375 e. The number of carbonyl (C=O) groups is 1. The number of unbranched alkanes of at least 4 members (excludes halogenated alkanes) is 1. The Morgan fingerprint density at radius 2 is 2.14 bits per heavy atom. The van der Waals surface area contributed by atoms with Crippen molar-refractivity contribution in [2.24, 2.45) is 0 Å². The first kappa shape index (κ1) is 13.7. The van der Waals surface area contributed by atoms with Gasteiger partial charge in [-0.3, -0.25) is 4.79 Å². The number of rotatable bonds is 8. The van der Waals surface area contributed by atoms with Gasteiger partial charge in [-0.15, -0.1) is 11.6 Å². The molecule has 0 aliphatic carbocycles. The quantitative estimate of drug-likeness (QED) is 0.271. The topological polar surface area (TPSA) is 26.3 Å². The highest BCUT2D eigenvalue weighted by Crippen LogP contribution is 2.06. The van der Waals surface area contributed by atoms with E-state index in [-0.39, 0.29) is 6.10 Å². The molecule has 0 atom stereocenters. The maximum absolute atomic E-state index is 10.6. The highest BCUT2D eigenvalue weighted by molar-refractivity contribution is 6.17. The van der Waals surface area contributed by atoms with E-state index in [1.54, 1.807) is 0 Å². The molecule has 0 unspecified atom stereocenters. The maximum Gasteiger partial charge on any atom is 0.145 e. The van der Waals surface area contributed by atoms with E-state index in [0.29, 0.717) is 12.5 Å². The zero-order valence-electron chi connectivity index (χ0n) is 8.96. The Morgan fingerprint density at radius 3 is 2.64 bits per heavy atom. The Balaban J connectivity index is 3.69. The lowest BCUT2D eigenvalue weighted by molar-refractivity contribution is -0.105. The number of hydrogen-bond acceptors (Lipinski definition) is 2. The van der Waals surface area contributed by atoms with E-state index in [0.717, 1.165) is 31.1 Å². The number of aldehydes is 1. The number of allylic oxidation sites excluding steroid dienone is 1. The fraction of sp³-hybridized carbons (Fsp3) is 0.727. The zero-order chi connectivity index (χ0) is 10.8. The second kappa shape index (κ2) is 9.22. The van der Waals surface area contributed by atoms with Gasteiger partial charge in [-0.1, -0.05) is 6.08 Å². The van der Waals surface area contributed by atoms with Crippen LogP contribution in [0.1, 0.15) is 33.1 Å². The minimum atomic E-state index is 0.210. The summed E-state index contributed by atoms with van der Waals surface area (Å²) < 4.78 is 5.32.